The molecular weight excluding hydrogens is 152 g/mol. The van der Waals surface area contributed by atoms with Crippen molar-refractivity contribution in [2.75, 3.05) is 6.61 Å². The lowest BCUT2D eigenvalue weighted by Gasteiger charge is -2.06. The standard InChI is InChI=1S/C10H18O2/c1-4-5-8-12-10(3)7-6-9(2)11/h6-7,10H,4-5,8H2,1-3H3/b7-6+. The summed E-state index contributed by atoms with van der Waals surface area (Å²) in [7, 11) is 0. The molecular formula is C10H18O2. The third-order valence-corrected chi connectivity index (χ3v) is 1.48. The van der Waals surface area contributed by atoms with Crippen LogP contribution in [0.2, 0.25) is 0 Å². The van der Waals surface area contributed by atoms with Crippen LogP contribution in [-0.4, -0.2) is 18.5 Å². The molecule has 0 heterocycles. The van der Waals surface area contributed by atoms with Gasteiger partial charge in [-0.25, -0.2) is 0 Å². The first kappa shape index (κ1) is 11.4. The van der Waals surface area contributed by atoms with Crippen LogP contribution in [-0.2, 0) is 9.53 Å². The maximum Gasteiger partial charge on any atom is 0.152 e. The van der Waals surface area contributed by atoms with Gasteiger partial charge in [0.2, 0.25) is 0 Å². The van der Waals surface area contributed by atoms with E-state index < -0.39 is 0 Å². The highest BCUT2D eigenvalue weighted by Gasteiger charge is 1.95. The Morgan fingerprint density at radius 2 is 2.25 bits per heavy atom. The van der Waals surface area contributed by atoms with Gasteiger partial charge in [0.1, 0.15) is 0 Å². The van der Waals surface area contributed by atoms with Gasteiger partial charge < -0.3 is 4.74 Å². The van der Waals surface area contributed by atoms with Gasteiger partial charge in [-0.1, -0.05) is 19.4 Å². The first-order valence-electron chi connectivity index (χ1n) is 4.47. The number of ketones is 1. The van der Waals surface area contributed by atoms with Crippen LogP contribution in [0.1, 0.15) is 33.6 Å². The van der Waals surface area contributed by atoms with Crippen LogP contribution in [0.5, 0.6) is 0 Å². The van der Waals surface area contributed by atoms with Crippen LogP contribution in [0.15, 0.2) is 12.2 Å². The number of allylic oxidation sites excluding steroid dienone is 1. The Labute approximate surface area is 74.6 Å². The predicted molar refractivity (Wildman–Crippen MR) is 50.1 cm³/mol. The molecule has 0 spiro atoms. The summed E-state index contributed by atoms with van der Waals surface area (Å²) in [6.45, 7) is 6.38. The van der Waals surface area contributed by atoms with Crippen molar-refractivity contribution in [2.24, 2.45) is 0 Å². The predicted octanol–water partition coefficient (Wildman–Crippen LogP) is 2.34. The van der Waals surface area contributed by atoms with Crippen LogP contribution >= 0.6 is 0 Å². The molecule has 0 N–H and O–H groups in total. The third kappa shape index (κ3) is 7.48. The van der Waals surface area contributed by atoms with Gasteiger partial charge in [-0.05, 0) is 26.3 Å². The Balaban J connectivity index is 3.45. The van der Waals surface area contributed by atoms with Crippen molar-refractivity contribution >= 4 is 5.78 Å². The Bertz CT molecular complexity index is 150. The normalized spacial score (nSPS) is 13.6. The van der Waals surface area contributed by atoms with Gasteiger partial charge in [0.15, 0.2) is 5.78 Å². The summed E-state index contributed by atoms with van der Waals surface area (Å²) in [6.07, 6.45) is 5.62. The van der Waals surface area contributed by atoms with E-state index >= 15 is 0 Å². The van der Waals surface area contributed by atoms with Crippen molar-refractivity contribution in [3.05, 3.63) is 12.2 Å². The van der Waals surface area contributed by atoms with E-state index in [1.165, 1.54) is 6.92 Å². The molecule has 0 radical (unpaired) electrons. The molecule has 70 valence electrons. The Hall–Kier alpha value is -0.630. The molecule has 0 aromatic heterocycles. The lowest BCUT2D eigenvalue weighted by molar-refractivity contribution is -0.112. The van der Waals surface area contributed by atoms with E-state index in [1.54, 1.807) is 12.2 Å². The lowest BCUT2D eigenvalue weighted by atomic mass is 10.3. The second kappa shape index (κ2) is 7.04. The zero-order valence-corrected chi connectivity index (χ0v) is 8.17. The fourth-order valence-corrected chi connectivity index (χ4v) is 0.740. The molecule has 1 unspecified atom stereocenters. The van der Waals surface area contributed by atoms with E-state index in [4.69, 9.17) is 4.74 Å². The summed E-state index contributed by atoms with van der Waals surface area (Å²) in [5.74, 6) is 0.0703. The summed E-state index contributed by atoms with van der Waals surface area (Å²) < 4.78 is 5.39. The monoisotopic (exact) mass is 170 g/mol. The minimum absolute atomic E-state index is 0.0560. The molecule has 0 aromatic rings. The average Bonchev–Trinajstić information content (AvgIpc) is 2.01. The van der Waals surface area contributed by atoms with Gasteiger partial charge in [0.05, 0.1) is 6.10 Å². The molecule has 0 aliphatic carbocycles. The smallest absolute Gasteiger partial charge is 0.152 e. The van der Waals surface area contributed by atoms with E-state index in [2.05, 4.69) is 6.92 Å². The summed E-state index contributed by atoms with van der Waals surface area (Å²) in [5, 5.41) is 0. The summed E-state index contributed by atoms with van der Waals surface area (Å²) in [5.41, 5.74) is 0. The molecule has 0 rings (SSSR count). The highest BCUT2D eigenvalue weighted by atomic mass is 16.5. The van der Waals surface area contributed by atoms with Crippen molar-refractivity contribution in [2.45, 2.75) is 39.7 Å². The van der Waals surface area contributed by atoms with Gasteiger partial charge >= 0.3 is 0 Å². The first-order valence-corrected chi connectivity index (χ1v) is 4.47. The maximum atomic E-state index is 10.5. The topological polar surface area (TPSA) is 26.3 Å². The van der Waals surface area contributed by atoms with Crippen molar-refractivity contribution in [3.8, 4) is 0 Å². The maximum absolute atomic E-state index is 10.5. The fourth-order valence-electron chi connectivity index (χ4n) is 0.740. The molecule has 0 aliphatic heterocycles. The lowest BCUT2D eigenvalue weighted by Crippen LogP contribution is -2.06. The Morgan fingerprint density at radius 3 is 2.75 bits per heavy atom. The average molecular weight is 170 g/mol. The molecule has 2 heteroatoms. The van der Waals surface area contributed by atoms with Gasteiger partial charge in [0, 0.05) is 6.61 Å². The number of hydrogen-bond donors (Lipinski definition) is 0. The molecule has 2 nitrogen and oxygen atoms in total. The van der Waals surface area contributed by atoms with Crippen LogP contribution in [0.25, 0.3) is 0 Å². The molecule has 0 saturated carbocycles. The zero-order valence-electron chi connectivity index (χ0n) is 8.17. The number of hydrogen-bond acceptors (Lipinski definition) is 2. The van der Waals surface area contributed by atoms with Crippen molar-refractivity contribution in [3.63, 3.8) is 0 Å². The molecule has 1 atom stereocenters. The van der Waals surface area contributed by atoms with E-state index in [-0.39, 0.29) is 11.9 Å². The van der Waals surface area contributed by atoms with Crippen LogP contribution in [0.4, 0.5) is 0 Å². The first-order chi connectivity index (χ1) is 5.66. The third-order valence-electron chi connectivity index (χ3n) is 1.48. The molecule has 12 heavy (non-hydrogen) atoms. The Morgan fingerprint density at radius 1 is 1.58 bits per heavy atom. The second-order valence-corrected chi connectivity index (χ2v) is 2.90. The number of carbonyl (C=O) groups is 1. The number of unbranched alkanes of at least 4 members (excludes halogenated alkanes) is 1. The minimum Gasteiger partial charge on any atom is -0.374 e. The van der Waals surface area contributed by atoms with Gasteiger partial charge in [0.25, 0.3) is 0 Å². The molecule has 0 saturated heterocycles. The highest BCUT2D eigenvalue weighted by molar-refractivity contribution is 5.87. The molecule has 0 aliphatic rings. The van der Waals surface area contributed by atoms with E-state index in [0.717, 1.165) is 19.4 Å². The van der Waals surface area contributed by atoms with E-state index in [0.29, 0.717) is 0 Å². The Kier molecular flexibility index (Phi) is 6.67. The minimum atomic E-state index is 0.0560. The van der Waals surface area contributed by atoms with Crippen LogP contribution < -0.4 is 0 Å². The second-order valence-electron chi connectivity index (χ2n) is 2.90. The highest BCUT2D eigenvalue weighted by Crippen LogP contribution is 1.96. The SMILES string of the molecule is CCCCOC(C)/C=C/C(C)=O. The summed E-state index contributed by atoms with van der Waals surface area (Å²) in [4.78, 5) is 10.5. The van der Waals surface area contributed by atoms with Gasteiger partial charge in [-0.15, -0.1) is 0 Å². The number of rotatable bonds is 6. The number of carbonyl (C=O) groups excluding carboxylic acids is 1. The van der Waals surface area contributed by atoms with Crippen LogP contribution in [0.3, 0.4) is 0 Å². The summed E-state index contributed by atoms with van der Waals surface area (Å²) in [6, 6.07) is 0. The summed E-state index contributed by atoms with van der Waals surface area (Å²) >= 11 is 0. The van der Waals surface area contributed by atoms with Crippen molar-refractivity contribution in [1.29, 1.82) is 0 Å². The van der Waals surface area contributed by atoms with E-state index in [1.807, 2.05) is 6.92 Å². The molecule has 0 aromatic carbocycles. The van der Waals surface area contributed by atoms with E-state index in [9.17, 15) is 4.79 Å². The van der Waals surface area contributed by atoms with Gasteiger partial charge in [-0.3, -0.25) is 4.79 Å². The fraction of sp³-hybridized carbons (Fsp3) is 0.700. The van der Waals surface area contributed by atoms with Crippen molar-refractivity contribution in [1.82, 2.24) is 0 Å². The van der Waals surface area contributed by atoms with Gasteiger partial charge in [-0.2, -0.15) is 0 Å². The van der Waals surface area contributed by atoms with Crippen molar-refractivity contribution < 1.29 is 9.53 Å². The molecule has 0 fully saturated rings. The zero-order chi connectivity index (χ0) is 9.40. The molecule has 0 amide bonds. The number of ether oxygens (including phenoxy) is 1. The molecule has 0 bridgehead atoms. The largest absolute Gasteiger partial charge is 0.374 e. The quantitative estimate of drug-likeness (QED) is 0.452. The van der Waals surface area contributed by atoms with Crippen LogP contribution in [0, 0.1) is 0 Å².